The molecule has 0 radical (unpaired) electrons. The van der Waals surface area contributed by atoms with Crippen molar-refractivity contribution in [2.45, 2.75) is 6.36 Å². The molecule has 8 heteroatoms. The van der Waals surface area contributed by atoms with Crippen LogP contribution in [0.4, 0.5) is 24.5 Å². The molecule has 82 valence electrons. The highest BCUT2D eigenvalue weighted by Crippen LogP contribution is 2.34. The summed E-state index contributed by atoms with van der Waals surface area (Å²) in [6.07, 6.45) is -4.93. The van der Waals surface area contributed by atoms with Gasteiger partial charge >= 0.3 is 6.36 Å². The summed E-state index contributed by atoms with van der Waals surface area (Å²) in [4.78, 5) is 9.44. The molecule has 0 unspecified atom stereocenters. The Kier molecular flexibility index (Phi) is 2.69. The fourth-order valence-corrected chi connectivity index (χ4v) is 0.905. The van der Waals surface area contributed by atoms with E-state index in [9.17, 15) is 23.3 Å². The number of ether oxygens (including phenoxy) is 1. The van der Waals surface area contributed by atoms with Crippen LogP contribution >= 0.6 is 0 Å². The molecule has 0 bridgehead atoms. The van der Waals surface area contributed by atoms with Gasteiger partial charge in [0.2, 0.25) is 0 Å². The summed E-state index contributed by atoms with van der Waals surface area (Å²) in [6, 6.07) is 2.93. The molecule has 1 aromatic carbocycles. The van der Waals surface area contributed by atoms with Gasteiger partial charge in [-0.05, 0) is 6.07 Å². The van der Waals surface area contributed by atoms with Crippen LogP contribution in [0.1, 0.15) is 0 Å². The molecule has 0 aliphatic rings. The number of hydrogen-bond acceptors (Lipinski definition) is 4. The smallest absolute Gasteiger partial charge is 0.403 e. The summed E-state index contributed by atoms with van der Waals surface area (Å²) < 4.78 is 38.9. The zero-order chi connectivity index (χ0) is 11.6. The van der Waals surface area contributed by atoms with Crippen LogP contribution in [0.25, 0.3) is 0 Å². The molecule has 0 atom stereocenters. The minimum Gasteiger partial charge on any atom is -0.403 e. The van der Waals surface area contributed by atoms with Gasteiger partial charge in [0.25, 0.3) is 5.69 Å². The quantitative estimate of drug-likeness (QED) is 0.472. The van der Waals surface area contributed by atoms with Gasteiger partial charge in [0, 0.05) is 6.07 Å². The number of anilines is 1. The molecule has 15 heavy (non-hydrogen) atoms. The first-order valence-electron chi connectivity index (χ1n) is 3.60. The number of para-hydroxylation sites is 1. The van der Waals surface area contributed by atoms with Crippen molar-refractivity contribution in [1.82, 2.24) is 0 Å². The lowest BCUT2D eigenvalue weighted by atomic mass is 10.2. The highest BCUT2D eigenvalue weighted by molar-refractivity contribution is 5.66. The molecule has 0 saturated heterocycles. The van der Waals surface area contributed by atoms with Crippen LogP contribution in [0.2, 0.25) is 0 Å². The van der Waals surface area contributed by atoms with Gasteiger partial charge in [-0.1, -0.05) is 6.07 Å². The summed E-state index contributed by atoms with van der Waals surface area (Å²) >= 11 is 0. The molecule has 5 nitrogen and oxygen atoms in total. The molecular weight excluding hydrogens is 217 g/mol. The minimum absolute atomic E-state index is 0.628. The molecule has 0 amide bonds. The summed E-state index contributed by atoms with van der Waals surface area (Å²) in [6.45, 7) is 0. The van der Waals surface area contributed by atoms with E-state index in [1.165, 1.54) is 0 Å². The number of rotatable bonds is 2. The number of alkyl halides is 3. The molecule has 0 aromatic heterocycles. The lowest BCUT2D eigenvalue weighted by Crippen LogP contribution is -2.18. The number of benzene rings is 1. The van der Waals surface area contributed by atoms with E-state index in [0.29, 0.717) is 0 Å². The van der Waals surface area contributed by atoms with Crippen molar-refractivity contribution in [2.75, 3.05) is 5.73 Å². The van der Waals surface area contributed by atoms with E-state index in [1.54, 1.807) is 0 Å². The van der Waals surface area contributed by atoms with E-state index < -0.39 is 28.4 Å². The third kappa shape index (κ3) is 2.73. The second-order valence-electron chi connectivity index (χ2n) is 2.49. The SMILES string of the molecule is Nc1c(OC(F)(F)F)cccc1[N+](=O)[O-]. The van der Waals surface area contributed by atoms with Gasteiger partial charge in [-0.15, -0.1) is 13.2 Å². The zero-order valence-electron chi connectivity index (χ0n) is 7.12. The van der Waals surface area contributed by atoms with Crippen molar-refractivity contribution < 1.29 is 22.8 Å². The molecule has 0 aliphatic heterocycles. The van der Waals surface area contributed by atoms with Crippen molar-refractivity contribution in [2.24, 2.45) is 0 Å². The Morgan fingerprint density at radius 1 is 1.40 bits per heavy atom. The molecule has 0 saturated carbocycles. The molecular formula is C7H5F3N2O3. The summed E-state index contributed by atoms with van der Waals surface area (Å²) in [5, 5.41) is 10.3. The highest BCUT2D eigenvalue weighted by Gasteiger charge is 2.33. The van der Waals surface area contributed by atoms with E-state index in [2.05, 4.69) is 4.74 Å². The van der Waals surface area contributed by atoms with Crippen molar-refractivity contribution in [3.05, 3.63) is 28.3 Å². The number of hydrogen-bond donors (Lipinski definition) is 1. The Labute approximate surface area is 81.4 Å². The Morgan fingerprint density at radius 3 is 2.47 bits per heavy atom. The van der Waals surface area contributed by atoms with Crippen LogP contribution in [0.5, 0.6) is 5.75 Å². The van der Waals surface area contributed by atoms with Crippen LogP contribution in [0.15, 0.2) is 18.2 Å². The van der Waals surface area contributed by atoms with E-state index in [-0.39, 0.29) is 0 Å². The zero-order valence-corrected chi connectivity index (χ0v) is 7.12. The number of nitro benzene ring substituents is 1. The minimum atomic E-state index is -4.93. The lowest BCUT2D eigenvalue weighted by Gasteiger charge is -2.10. The van der Waals surface area contributed by atoms with Gasteiger partial charge in [0.15, 0.2) is 11.4 Å². The van der Waals surface area contributed by atoms with Gasteiger partial charge < -0.3 is 10.5 Å². The molecule has 0 fully saturated rings. The second kappa shape index (κ2) is 3.64. The maximum Gasteiger partial charge on any atom is 0.573 e. The van der Waals surface area contributed by atoms with Gasteiger partial charge in [-0.3, -0.25) is 10.1 Å². The summed E-state index contributed by atoms with van der Waals surface area (Å²) in [5.41, 5.74) is 3.84. The van der Waals surface area contributed by atoms with Gasteiger partial charge in [-0.25, -0.2) is 0 Å². The number of nitrogens with two attached hydrogens (primary N) is 1. The van der Waals surface area contributed by atoms with Crippen LogP contribution < -0.4 is 10.5 Å². The maximum atomic E-state index is 11.8. The third-order valence-corrected chi connectivity index (χ3v) is 1.47. The first kappa shape index (κ1) is 11.1. The molecule has 2 N–H and O–H groups in total. The summed E-state index contributed by atoms with van der Waals surface area (Å²) in [5.74, 6) is -0.781. The first-order chi connectivity index (χ1) is 6.81. The molecule has 0 spiro atoms. The Bertz CT molecular complexity index is 392. The number of nitrogens with zero attached hydrogens (tertiary/aromatic N) is 1. The van der Waals surface area contributed by atoms with Crippen LogP contribution in [-0.2, 0) is 0 Å². The van der Waals surface area contributed by atoms with E-state index in [0.717, 1.165) is 18.2 Å². The summed E-state index contributed by atoms with van der Waals surface area (Å²) in [7, 11) is 0. The first-order valence-corrected chi connectivity index (χ1v) is 3.60. The van der Waals surface area contributed by atoms with Gasteiger partial charge in [0.05, 0.1) is 4.92 Å². The van der Waals surface area contributed by atoms with Crippen molar-refractivity contribution in [3.63, 3.8) is 0 Å². The third-order valence-electron chi connectivity index (χ3n) is 1.47. The average molecular weight is 222 g/mol. The standard InChI is InChI=1S/C7H5F3N2O3/c8-7(9,10)15-5-3-1-2-4(6(5)11)12(13)14/h1-3H,11H2. The number of nitro groups is 1. The highest BCUT2D eigenvalue weighted by atomic mass is 19.4. The Balaban J connectivity index is 3.10. The van der Waals surface area contributed by atoms with Crippen LogP contribution in [0, 0.1) is 10.1 Å². The average Bonchev–Trinajstić information content (AvgIpc) is 2.05. The fourth-order valence-electron chi connectivity index (χ4n) is 0.905. The van der Waals surface area contributed by atoms with Gasteiger partial charge in [-0.2, -0.15) is 0 Å². The number of halogens is 3. The van der Waals surface area contributed by atoms with E-state index in [1.807, 2.05) is 0 Å². The van der Waals surface area contributed by atoms with Crippen LogP contribution in [0.3, 0.4) is 0 Å². The molecule has 0 aliphatic carbocycles. The van der Waals surface area contributed by atoms with Crippen molar-refractivity contribution in [1.29, 1.82) is 0 Å². The molecule has 1 rings (SSSR count). The lowest BCUT2D eigenvalue weighted by molar-refractivity contribution is -0.384. The normalized spacial score (nSPS) is 11.1. The second-order valence-corrected chi connectivity index (χ2v) is 2.49. The maximum absolute atomic E-state index is 11.8. The number of nitrogen functional groups attached to an aromatic ring is 1. The molecule has 0 heterocycles. The van der Waals surface area contributed by atoms with E-state index >= 15 is 0 Å². The van der Waals surface area contributed by atoms with E-state index in [4.69, 9.17) is 5.73 Å². The van der Waals surface area contributed by atoms with Crippen LogP contribution in [-0.4, -0.2) is 11.3 Å². The largest absolute Gasteiger partial charge is 0.573 e. The van der Waals surface area contributed by atoms with Crippen molar-refractivity contribution >= 4 is 11.4 Å². The predicted octanol–water partition coefficient (Wildman–Crippen LogP) is 2.08. The fraction of sp³-hybridized carbons (Fsp3) is 0.143. The Hall–Kier alpha value is -1.99. The van der Waals surface area contributed by atoms with Gasteiger partial charge in [0.1, 0.15) is 0 Å². The van der Waals surface area contributed by atoms with Crippen molar-refractivity contribution in [3.8, 4) is 5.75 Å². The molecule has 1 aromatic rings. The monoisotopic (exact) mass is 222 g/mol. The predicted molar refractivity (Wildman–Crippen MR) is 44.2 cm³/mol. The topological polar surface area (TPSA) is 78.4 Å². The Morgan fingerprint density at radius 2 is 2.00 bits per heavy atom.